The quantitative estimate of drug-likeness (QED) is 0.419. The van der Waals surface area contributed by atoms with Crippen molar-refractivity contribution < 1.29 is 0 Å². The average Bonchev–Trinajstić information content (AvgIpc) is 3.39. The number of anilines is 1. The Bertz CT molecular complexity index is 877. The lowest BCUT2D eigenvalue weighted by Gasteiger charge is -2.37. The Morgan fingerprint density at radius 1 is 1.15 bits per heavy atom. The fourth-order valence-electron chi connectivity index (χ4n) is 3.56. The summed E-state index contributed by atoms with van der Waals surface area (Å²) in [7, 11) is 1.87. The highest BCUT2D eigenvalue weighted by molar-refractivity contribution is 7.14. The Labute approximate surface area is 164 Å². The van der Waals surface area contributed by atoms with Gasteiger partial charge in [-0.05, 0) is 36.1 Å². The monoisotopic (exact) mass is 382 g/mol. The molecule has 3 heterocycles. The lowest BCUT2D eigenvalue weighted by molar-refractivity contribution is 0.373. The summed E-state index contributed by atoms with van der Waals surface area (Å²) in [5.41, 5.74) is 2.26. The number of aliphatic imine (C=N–C) groups is 1. The Balaban J connectivity index is 1.24. The molecule has 0 spiro atoms. The molecule has 27 heavy (non-hydrogen) atoms. The first-order valence-electron chi connectivity index (χ1n) is 9.49. The molecule has 4 rings (SSSR count). The molecule has 0 radical (unpaired) electrons. The highest BCUT2D eigenvalue weighted by Gasteiger charge is 2.20. The van der Waals surface area contributed by atoms with E-state index in [4.69, 9.17) is 0 Å². The molecule has 0 atom stereocenters. The van der Waals surface area contributed by atoms with E-state index < -0.39 is 0 Å². The Kier molecular flexibility index (Phi) is 5.58. The summed E-state index contributed by atoms with van der Waals surface area (Å²) in [5.74, 6) is 1.01. The van der Waals surface area contributed by atoms with Crippen LogP contribution in [-0.4, -0.2) is 60.2 Å². The largest absolute Gasteiger partial charge is 0.360 e. The van der Waals surface area contributed by atoms with Crippen molar-refractivity contribution in [1.29, 1.82) is 0 Å². The van der Waals surface area contributed by atoms with Crippen molar-refractivity contribution in [3.63, 3.8) is 0 Å². The van der Waals surface area contributed by atoms with Crippen LogP contribution < -0.4 is 10.2 Å². The summed E-state index contributed by atoms with van der Waals surface area (Å²) >= 11 is 1.82. The van der Waals surface area contributed by atoms with Crippen LogP contribution in [0.3, 0.4) is 0 Å². The van der Waals surface area contributed by atoms with Gasteiger partial charge in [-0.2, -0.15) is 0 Å². The zero-order valence-electron chi connectivity index (χ0n) is 15.7. The predicted octanol–water partition coefficient (Wildman–Crippen LogP) is 2.89. The van der Waals surface area contributed by atoms with E-state index in [0.717, 1.165) is 57.2 Å². The summed E-state index contributed by atoms with van der Waals surface area (Å²) in [6.07, 6.45) is 2.97. The molecule has 3 aromatic rings. The van der Waals surface area contributed by atoms with Crippen molar-refractivity contribution >= 4 is 33.3 Å². The number of para-hydroxylation sites is 2. The number of piperazine rings is 1. The third-order valence-electron chi connectivity index (χ3n) is 5.00. The molecule has 0 unspecified atom stereocenters. The van der Waals surface area contributed by atoms with Gasteiger partial charge in [0.1, 0.15) is 0 Å². The highest BCUT2D eigenvalue weighted by atomic mass is 32.1. The number of benzene rings is 1. The van der Waals surface area contributed by atoms with Gasteiger partial charge >= 0.3 is 0 Å². The van der Waals surface area contributed by atoms with Gasteiger partial charge < -0.3 is 19.7 Å². The second kappa shape index (κ2) is 8.43. The van der Waals surface area contributed by atoms with Crippen molar-refractivity contribution in [2.45, 2.75) is 13.0 Å². The summed E-state index contributed by atoms with van der Waals surface area (Å²) in [6.45, 7) is 5.96. The first-order chi connectivity index (χ1) is 13.3. The third-order valence-corrected chi connectivity index (χ3v) is 5.92. The summed E-state index contributed by atoms with van der Waals surface area (Å²) < 4.78 is 2.22. The van der Waals surface area contributed by atoms with Crippen LogP contribution in [0.5, 0.6) is 0 Å². The van der Waals surface area contributed by atoms with Crippen molar-refractivity contribution in [3.05, 3.63) is 48.1 Å². The van der Waals surface area contributed by atoms with E-state index in [9.17, 15) is 0 Å². The van der Waals surface area contributed by atoms with Crippen LogP contribution in [0, 0.1) is 0 Å². The van der Waals surface area contributed by atoms with Gasteiger partial charge in [-0.15, -0.1) is 11.3 Å². The number of aromatic nitrogens is 2. The number of imidazole rings is 1. The topological polar surface area (TPSA) is 48.7 Å². The third kappa shape index (κ3) is 4.08. The normalized spacial score (nSPS) is 15.5. The lowest BCUT2D eigenvalue weighted by Crippen LogP contribution is -2.52. The maximum absolute atomic E-state index is 4.48. The molecule has 2 aromatic heterocycles. The van der Waals surface area contributed by atoms with Gasteiger partial charge in [0.25, 0.3) is 0 Å². The number of hydrogen-bond donors (Lipinski definition) is 1. The standard InChI is InChI=1S/C20H26N6S/c1-21-20(25-13-11-24(12-14-25)19-8-4-15-27-19)22-9-5-10-26-16-23-17-6-2-3-7-18(17)26/h2-4,6-8,15-16H,5,9-14H2,1H3,(H,21,22). The zero-order valence-corrected chi connectivity index (χ0v) is 16.5. The van der Waals surface area contributed by atoms with E-state index in [0.29, 0.717) is 0 Å². The molecule has 1 N–H and O–H groups in total. The molecule has 0 amide bonds. The van der Waals surface area contributed by atoms with Gasteiger partial charge in [0.2, 0.25) is 0 Å². The van der Waals surface area contributed by atoms with Crippen molar-refractivity contribution in [2.24, 2.45) is 4.99 Å². The Hall–Kier alpha value is -2.54. The second-order valence-electron chi connectivity index (χ2n) is 6.68. The Morgan fingerprint density at radius 3 is 2.78 bits per heavy atom. The lowest BCUT2D eigenvalue weighted by atomic mass is 10.3. The first kappa shape index (κ1) is 17.9. The number of nitrogens with one attached hydrogen (secondary N) is 1. The molecule has 1 saturated heterocycles. The van der Waals surface area contributed by atoms with E-state index in [1.54, 1.807) is 0 Å². The molecular formula is C20H26N6S. The summed E-state index contributed by atoms with van der Waals surface area (Å²) in [6, 6.07) is 12.6. The van der Waals surface area contributed by atoms with Gasteiger partial charge in [-0.25, -0.2) is 4.98 Å². The Morgan fingerprint density at radius 2 is 2.00 bits per heavy atom. The number of rotatable bonds is 5. The molecule has 7 heteroatoms. The zero-order chi connectivity index (χ0) is 18.5. The van der Waals surface area contributed by atoms with Crippen LogP contribution in [0.4, 0.5) is 5.00 Å². The van der Waals surface area contributed by atoms with Crippen LogP contribution in [0.1, 0.15) is 6.42 Å². The molecule has 0 aliphatic carbocycles. The molecule has 142 valence electrons. The van der Waals surface area contributed by atoms with Crippen molar-refractivity contribution in [1.82, 2.24) is 19.8 Å². The fraction of sp³-hybridized carbons (Fsp3) is 0.400. The number of hydrogen-bond acceptors (Lipinski definition) is 4. The van der Waals surface area contributed by atoms with Crippen LogP contribution in [0.15, 0.2) is 53.1 Å². The maximum atomic E-state index is 4.48. The number of guanidine groups is 1. The molecule has 1 fully saturated rings. The molecule has 6 nitrogen and oxygen atoms in total. The molecular weight excluding hydrogens is 356 g/mol. The minimum atomic E-state index is 0.907. The number of aryl methyl sites for hydroxylation is 1. The van der Waals surface area contributed by atoms with E-state index in [1.165, 1.54) is 10.5 Å². The summed E-state index contributed by atoms with van der Waals surface area (Å²) in [5, 5.41) is 7.04. The minimum Gasteiger partial charge on any atom is -0.360 e. The van der Waals surface area contributed by atoms with E-state index in [-0.39, 0.29) is 0 Å². The molecule has 1 aliphatic heterocycles. The van der Waals surface area contributed by atoms with Gasteiger partial charge in [-0.1, -0.05) is 12.1 Å². The van der Waals surface area contributed by atoms with E-state index >= 15 is 0 Å². The number of fused-ring (bicyclic) bond motifs is 1. The van der Waals surface area contributed by atoms with Crippen LogP contribution in [0.25, 0.3) is 11.0 Å². The van der Waals surface area contributed by atoms with Crippen LogP contribution >= 0.6 is 11.3 Å². The highest BCUT2D eigenvalue weighted by Crippen LogP contribution is 2.22. The van der Waals surface area contributed by atoms with Gasteiger partial charge in [0.15, 0.2) is 5.96 Å². The number of nitrogens with zero attached hydrogens (tertiary/aromatic N) is 5. The molecule has 1 aromatic carbocycles. The molecule has 0 saturated carbocycles. The van der Waals surface area contributed by atoms with Gasteiger partial charge in [-0.3, -0.25) is 4.99 Å². The fourth-order valence-corrected chi connectivity index (χ4v) is 4.34. The average molecular weight is 383 g/mol. The van der Waals surface area contributed by atoms with Crippen molar-refractivity contribution in [3.8, 4) is 0 Å². The summed E-state index contributed by atoms with van der Waals surface area (Å²) in [4.78, 5) is 13.8. The first-order valence-corrected chi connectivity index (χ1v) is 10.4. The second-order valence-corrected chi connectivity index (χ2v) is 7.61. The SMILES string of the molecule is CN=C(NCCCn1cnc2ccccc21)N1CCN(c2cccs2)CC1. The van der Waals surface area contributed by atoms with Crippen LogP contribution in [-0.2, 0) is 6.54 Å². The molecule has 0 bridgehead atoms. The van der Waals surface area contributed by atoms with Crippen LogP contribution in [0.2, 0.25) is 0 Å². The molecule has 1 aliphatic rings. The number of thiophene rings is 1. The predicted molar refractivity (Wildman–Crippen MR) is 114 cm³/mol. The minimum absolute atomic E-state index is 0.907. The van der Waals surface area contributed by atoms with Gasteiger partial charge in [0.05, 0.1) is 22.4 Å². The maximum Gasteiger partial charge on any atom is 0.193 e. The van der Waals surface area contributed by atoms with E-state index in [2.05, 4.69) is 65.4 Å². The van der Waals surface area contributed by atoms with Gasteiger partial charge in [0, 0.05) is 46.3 Å². The van der Waals surface area contributed by atoms with E-state index in [1.807, 2.05) is 30.8 Å². The van der Waals surface area contributed by atoms with Crippen molar-refractivity contribution in [2.75, 3.05) is 44.7 Å². The smallest absolute Gasteiger partial charge is 0.193 e.